The van der Waals surface area contributed by atoms with Crippen LogP contribution in [0, 0.1) is 0 Å². The summed E-state index contributed by atoms with van der Waals surface area (Å²) < 4.78 is 0. The van der Waals surface area contributed by atoms with E-state index >= 15 is 0 Å². The third kappa shape index (κ3) is 2.82. The lowest BCUT2D eigenvalue weighted by atomic mass is 9.95. The highest BCUT2D eigenvalue weighted by molar-refractivity contribution is 6.22. The minimum absolute atomic E-state index is 0.230. The number of benzene rings is 4. The van der Waals surface area contributed by atoms with Crippen molar-refractivity contribution >= 4 is 44.1 Å². The van der Waals surface area contributed by atoms with E-state index in [1.165, 1.54) is 38.4 Å². The number of hydrogen-bond acceptors (Lipinski definition) is 2. The highest BCUT2D eigenvalue weighted by Crippen LogP contribution is 2.33. The quantitative estimate of drug-likeness (QED) is 0.414. The molecule has 2 amide bonds. The summed E-state index contributed by atoms with van der Waals surface area (Å²) >= 11 is 0. The summed E-state index contributed by atoms with van der Waals surface area (Å²) in [6.45, 7) is 1.97. The zero-order valence-corrected chi connectivity index (χ0v) is 14.6. The number of carbonyl (C=O) groups is 2. The first-order chi connectivity index (χ1) is 12.7. The van der Waals surface area contributed by atoms with Crippen molar-refractivity contribution in [1.29, 1.82) is 0 Å². The van der Waals surface area contributed by atoms with E-state index in [0.717, 1.165) is 6.42 Å². The molecule has 128 valence electrons. The zero-order valence-electron chi connectivity index (χ0n) is 14.6. The standard InChI is InChI=1S/C16H10.C7H9NO2/c1-3-11-7-9-13-5-2-6-14-10-8-12(4-1)15(11)16(13)14;1-2-3-5-4-6(9)8-7(5)10/h1-10H;4H,2-3H2,1H3,(H,8,9,10). The van der Waals surface area contributed by atoms with Crippen molar-refractivity contribution in [1.82, 2.24) is 5.32 Å². The van der Waals surface area contributed by atoms with Gasteiger partial charge in [-0.25, -0.2) is 0 Å². The van der Waals surface area contributed by atoms with Crippen LogP contribution in [0.1, 0.15) is 19.8 Å². The molecule has 4 aromatic carbocycles. The lowest BCUT2D eigenvalue weighted by Crippen LogP contribution is -2.22. The fourth-order valence-electron chi connectivity index (χ4n) is 3.58. The van der Waals surface area contributed by atoms with Crippen molar-refractivity contribution in [3.05, 3.63) is 72.3 Å². The minimum Gasteiger partial charge on any atom is -0.289 e. The van der Waals surface area contributed by atoms with Gasteiger partial charge in [0.1, 0.15) is 0 Å². The maximum absolute atomic E-state index is 10.8. The summed E-state index contributed by atoms with van der Waals surface area (Å²) in [5.74, 6) is -0.514. The van der Waals surface area contributed by atoms with Gasteiger partial charge in [0.05, 0.1) is 0 Å². The van der Waals surface area contributed by atoms with Gasteiger partial charge in [-0.15, -0.1) is 0 Å². The van der Waals surface area contributed by atoms with Crippen LogP contribution in [0.15, 0.2) is 72.3 Å². The monoisotopic (exact) mass is 341 g/mol. The molecule has 0 atom stereocenters. The van der Waals surface area contributed by atoms with Crippen molar-refractivity contribution in [3.63, 3.8) is 0 Å². The first-order valence-corrected chi connectivity index (χ1v) is 8.86. The average molecular weight is 341 g/mol. The third-order valence-corrected chi connectivity index (χ3v) is 4.75. The first-order valence-electron chi connectivity index (χ1n) is 8.86. The maximum atomic E-state index is 10.8. The molecule has 1 N–H and O–H groups in total. The molecule has 1 aliphatic rings. The van der Waals surface area contributed by atoms with Crippen LogP contribution < -0.4 is 5.32 Å². The van der Waals surface area contributed by atoms with E-state index in [1.54, 1.807) is 0 Å². The molecule has 5 rings (SSSR count). The maximum Gasteiger partial charge on any atom is 0.254 e. The van der Waals surface area contributed by atoms with E-state index in [9.17, 15) is 9.59 Å². The molecule has 0 radical (unpaired) electrons. The van der Waals surface area contributed by atoms with E-state index < -0.39 is 0 Å². The summed E-state index contributed by atoms with van der Waals surface area (Å²) in [6.07, 6.45) is 2.95. The van der Waals surface area contributed by atoms with Crippen LogP contribution in [0.2, 0.25) is 0 Å². The topological polar surface area (TPSA) is 46.2 Å². The first kappa shape index (κ1) is 16.3. The van der Waals surface area contributed by atoms with Crippen LogP contribution in [-0.2, 0) is 9.59 Å². The number of rotatable bonds is 2. The van der Waals surface area contributed by atoms with E-state index in [-0.39, 0.29) is 11.8 Å². The largest absolute Gasteiger partial charge is 0.289 e. The molecular formula is C23H19NO2. The fraction of sp³-hybridized carbons (Fsp3) is 0.130. The van der Waals surface area contributed by atoms with Crippen LogP contribution >= 0.6 is 0 Å². The Hall–Kier alpha value is -3.20. The van der Waals surface area contributed by atoms with Gasteiger partial charge in [0.15, 0.2) is 0 Å². The second kappa shape index (κ2) is 6.60. The average Bonchev–Trinajstić information content (AvgIpc) is 2.98. The second-order valence-corrected chi connectivity index (χ2v) is 6.53. The Kier molecular flexibility index (Phi) is 4.13. The van der Waals surface area contributed by atoms with Crippen LogP contribution in [0.25, 0.3) is 32.3 Å². The van der Waals surface area contributed by atoms with Crippen molar-refractivity contribution in [2.24, 2.45) is 0 Å². The molecule has 0 fully saturated rings. The van der Waals surface area contributed by atoms with E-state index in [2.05, 4.69) is 66.0 Å². The second-order valence-electron chi connectivity index (χ2n) is 6.53. The molecule has 0 saturated heterocycles. The molecule has 3 nitrogen and oxygen atoms in total. The predicted octanol–water partition coefficient (Wildman–Crippen LogP) is 4.95. The number of amides is 2. The Balaban J connectivity index is 0.000000146. The fourth-order valence-corrected chi connectivity index (χ4v) is 3.58. The van der Waals surface area contributed by atoms with E-state index in [4.69, 9.17) is 0 Å². The number of hydrogen-bond donors (Lipinski definition) is 1. The summed E-state index contributed by atoms with van der Waals surface area (Å²) in [6, 6.07) is 21.9. The van der Waals surface area contributed by atoms with Gasteiger partial charge in [0, 0.05) is 11.6 Å². The molecule has 0 aromatic heterocycles. The Morgan fingerprint density at radius 3 is 1.54 bits per heavy atom. The normalized spacial score (nSPS) is 13.8. The summed E-state index contributed by atoms with van der Waals surface area (Å²) in [4.78, 5) is 21.3. The van der Waals surface area contributed by atoms with Crippen LogP contribution in [0.3, 0.4) is 0 Å². The van der Waals surface area contributed by atoms with Crippen LogP contribution in [-0.4, -0.2) is 11.8 Å². The minimum atomic E-state index is -0.284. The lowest BCUT2D eigenvalue weighted by Gasteiger charge is -2.09. The number of nitrogens with one attached hydrogen (secondary N) is 1. The Labute approximate surface area is 151 Å². The molecule has 4 aromatic rings. The van der Waals surface area contributed by atoms with Crippen molar-refractivity contribution < 1.29 is 9.59 Å². The molecule has 1 aliphatic heterocycles. The van der Waals surface area contributed by atoms with Gasteiger partial charge in [-0.05, 0) is 38.7 Å². The zero-order chi connectivity index (χ0) is 18.1. The molecule has 3 heteroatoms. The van der Waals surface area contributed by atoms with E-state index in [1.807, 2.05) is 6.92 Å². The summed E-state index contributed by atoms with van der Waals surface area (Å²) in [7, 11) is 0. The molecule has 0 bridgehead atoms. The Morgan fingerprint density at radius 2 is 1.19 bits per heavy atom. The molecule has 0 saturated carbocycles. The van der Waals surface area contributed by atoms with Gasteiger partial charge in [-0.3, -0.25) is 14.9 Å². The Morgan fingerprint density at radius 1 is 0.731 bits per heavy atom. The SMILES string of the molecule is CCCC1=CC(=O)NC1=O.c1cc2ccc3cccc4ccc(c1)c2c34. The van der Waals surface area contributed by atoms with Gasteiger partial charge in [0.25, 0.3) is 11.8 Å². The smallest absolute Gasteiger partial charge is 0.254 e. The van der Waals surface area contributed by atoms with Gasteiger partial charge in [-0.1, -0.05) is 74.0 Å². The molecule has 1 heterocycles. The molecule has 26 heavy (non-hydrogen) atoms. The molecule has 0 aliphatic carbocycles. The van der Waals surface area contributed by atoms with Gasteiger partial charge < -0.3 is 0 Å². The molecule has 0 spiro atoms. The lowest BCUT2D eigenvalue weighted by molar-refractivity contribution is -0.123. The number of imide groups is 1. The third-order valence-electron chi connectivity index (χ3n) is 4.75. The predicted molar refractivity (Wildman–Crippen MR) is 106 cm³/mol. The molecule has 0 unspecified atom stereocenters. The van der Waals surface area contributed by atoms with Crippen molar-refractivity contribution in [3.8, 4) is 0 Å². The van der Waals surface area contributed by atoms with Gasteiger partial charge in [-0.2, -0.15) is 0 Å². The summed E-state index contributed by atoms with van der Waals surface area (Å²) in [5.41, 5.74) is 0.604. The molecular weight excluding hydrogens is 322 g/mol. The van der Waals surface area contributed by atoms with Crippen molar-refractivity contribution in [2.75, 3.05) is 0 Å². The van der Waals surface area contributed by atoms with Crippen molar-refractivity contribution in [2.45, 2.75) is 19.8 Å². The van der Waals surface area contributed by atoms with E-state index in [0.29, 0.717) is 12.0 Å². The van der Waals surface area contributed by atoms with Gasteiger partial charge >= 0.3 is 0 Å². The van der Waals surface area contributed by atoms with Crippen LogP contribution in [0.5, 0.6) is 0 Å². The highest BCUT2D eigenvalue weighted by Gasteiger charge is 2.18. The van der Waals surface area contributed by atoms with Gasteiger partial charge in [0.2, 0.25) is 0 Å². The summed E-state index contributed by atoms with van der Waals surface area (Å²) in [5, 5.41) is 10.3. The number of carbonyl (C=O) groups excluding carboxylic acids is 2. The van der Waals surface area contributed by atoms with Crippen LogP contribution in [0.4, 0.5) is 0 Å². The Bertz CT molecular complexity index is 1030. The highest BCUT2D eigenvalue weighted by atomic mass is 16.2.